The number of hydrogen-bond acceptors (Lipinski definition) is 4. The number of carbonyl (C=O) groups excluding carboxylic acids is 2. The summed E-state index contributed by atoms with van der Waals surface area (Å²) in [5.74, 6) is -0.452. The minimum Gasteiger partial charge on any atom is -0.342 e. The number of piperazine rings is 1. The molecule has 0 unspecified atom stereocenters. The third-order valence-corrected chi connectivity index (χ3v) is 7.40. The van der Waals surface area contributed by atoms with Gasteiger partial charge in [0, 0.05) is 37.1 Å². The van der Waals surface area contributed by atoms with Crippen LogP contribution in [-0.2, 0) is 24.1 Å². The summed E-state index contributed by atoms with van der Waals surface area (Å²) in [4.78, 5) is 46.4. The lowest BCUT2D eigenvalue weighted by molar-refractivity contribution is -0.138. The Balaban J connectivity index is 1.42. The molecule has 3 heterocycles. The fourth-order valence-corrected chi connectivity index (χ4v) is 5.38. The van der Waals surface area contributed by atoms with Crippen LogP contribution in [0.25, 0.3) is 10.4 Å². The molecule has 2 aliphatic rings. The molecule has 0 radical (unpaired) electrons. The number of amides is 2. The zero-order valence-electron chi connectivity index (χ0n) is 18.0. The Morgan fingerprint density at radius 2 is 1.94 bits per heavy atom. The lowest BCUT2D eigenvalue weighted by Gasteiger charge is -2.39. The number of hydrogen-bond donors (Lipinski definition) is 1. The first-order chi connectivity index (χ1) is 15.5. The van der Waals surface area contributed by atoms with Crippen LogP contribution < -0.4 is 5.56 Å². The highest BCUT2D eigenvalue weighted by Crippen LogP contribution is 2.26. The topological polar surface area (TPSA) is 73.5 Å². The summed E-state index contributed by atoms with van der Waals surface area (Å²) < 4.78 is 0. The predicted octanol–water partition coefficient (Wildman–Crippen LogP) is 3.12. The molecule has 1 saturated heterocycles. The van der Waals surface area contributed by atoms with Crippen LogP contribution in [0, 0.1) is 0 Å². The first kappa shape index (κ1) is 20.7. The van der Waals surface area contributed by atoms with E-state index in [1.807, 2.05) is 23.6 Å². The van der Waals surface area contributed by atoms with Crippen LogP contribution in [0.4, 0.5) is 0 Å². The number of rotatable bonds is 4. The Bertz CT molecular complexity index is 1210. The second-order valence-electron chi connectivity index (χ2n) is 8.52. The van der Waals surface area contributed by atoms with Crippen molar-refractivity contribution in [3.63, 3.8) is 0 Å². The molecule has 164 valence electrons. The van der Waals surface area contributed by atoms with Crippen molar-refractivity contribution >= 4 is 23.2 Å². The van der Waals surface area contributed by atoms with Crippen LogP contribution in [0.15, 0.2) is 52.6 Å². The third kappa shape index (κ3) is 3.77. The number of aromatic nitrogens is 1. The standard InChI is InChI=1S/C25H25N3O3S/c1-27-11-12-28(24(30)19-15-18-4-2-5-20(18)26-23(19)29)21(25(27)31)14-16-7-9-17(10-8-16)22-6-3-13-32-22/h3,6-10,13,15,21H,2,4-5,11-12,14H2,1H3,(H,26,29)/t21-/m0/s1. The van der Waals surface area contributed by atoms with Gasteiger partial charge in [-0.25, -0.2) is 0 Å². The molecule has 3 aromatic rings. The molecular formula is C25H25N3O3S. The fraction of sp³-hybridized carbons (Fsp3) is 0.320. The van der Waals surface area contributed by atoms with E-state index in [0.717, 1.165) is 41.6 Å². The van der Waals surface area contributed by atoms with Crippen molar-refractivity contribution < 1.29 is 9.59 Å². The summed E-state index contributed by atoms with van der Waals surface area (Å²) in [5.41, 5.74) is 3.87. The summed E-state index contributed by atoms with van der Waals surface area (Å²) in [7, 11) is 1.76. The molecular weight excluding hydrogens is 422 g/mol. The number of benzene rings is 1. The number of nitrogens with zero attached hydrogens (tertiary/aromatic N) is 2. The molecule has 2 aromatic heterocycles. The number of thiophene rings is 1. The maximum Gasteiger partial charge on any atom is 0.261 e. The summed E-state index contributed by atoms with van der Waals surface area (Å²) >= 11 is 1.68. The minimum absolute atomic E-state index is 0.0930. The highest BCUT2D eigenvalue weighted by atomic mass is 32.1. The van der Waals surface area contributed by atoms with Gasteiger partial charge in [-0.3, -0.25) is 14.4 Å². The molecule has 0 saturated carbocycles. The van der Waals surface area contributed by atoms with E-state index in [9.17, 15) is 14.4 Å². The Hall–Kier alpha value is -3.19. The molecule has 0 bridgehead atoms. The molecule has 0 spiro atoms. The van der Waals surface area contributed by atoms with Crippen molar-refractivity contribution in [1.82, 2.24) is 14.8 Å². The summed E-state index contributed by atoms with van der Waals surface area (Å²) in [6.07, 6.45) is 3.12. The number of H-pyrrole nitrogens is 1. The second kappa shape index (κ2) is 8.39. The van der Waals surface area contributed by atoms with Gasteiger partial charge >= 0.3 is 0 Å². The molecule has 1 aliphatic heterocycles. The molecule has 5 rings (SSSR count). The quantitative estimate of drug-likeness (QED) is 0.668. The first-order valence-electron chi connectivity index (χ1n) is 10.9. The van der Waals surface area contributed by atoms with Crippen LogP contribution >= 0.6 is 11.3 Å². The van der Waals surface area contributed by atoms with Gasteiger partial charge in [0.2, 0.25) is 5.91 Å². The molecule has 7 heteroatoms. The van der Waals surface area contributed by atoms with Crippen molar-refractivity contribution in [1.29, 1.82) is 0 Å². The van der Waals surface area contributed by atoms with Crippen molar-refractivity contribution in [3.05, 3.63) is 80.6 Å². The normalized spacial score (nSPS) is 18.2. The average Bonchev–Trinajstić information content (AvgIpc) is 3.48. The van der Waals surface area contributed by atoms with E-state index in [0.29, 0.717) is 19.5 Å². The second-order valence-corrected chi connectivity index (χ2v) is 9.47. The van der Waals surface area contributed by atoms with Gasteiger partial charge in [-0.2, -0.15) is 0 Å². The van der Waals surface area contributed by atoms with Gasteiger partial charge in [-0.05, 0) is 53.5 Å². The van der Waals surface area contributed by atoms with Crippen LogP contribution in [-0.4, -0.2) is 52.8 Å². The van der Waals surface area contributed by atoms with Crippen molar-refractivity contribution in [2.24, 2.45) is 0 Å². The summed E-state index contributed by atoms with van der Waals surface area (Å²) in [5, 5.41) is 2.05. The summed E-state index contributed by atoms with van der Waals surface area (Å²) in [6.45, 7) is 0.872. The SMILES string of the molecule is CN1CCN(C(=O)c2cc3c([nH]c2=O)CCC3)[C@@H](Cc2ccc(-c3cccs3)cc2)C1=O. The van der Waals surface area contributed by atoms with E-state index in [2.05, 4.69) is 23.2 Å². The maximum absolute atomic E-state index is 13.4. The molecule has 1 fully saturated rings. The number of pyridine rings is 1. The zero-order valence-corrected chi connectivity index (χ0v) is 18.8. The fourth-order valence-electron chi connectivity index (χ4n) is 4.65. The Morgan fingerprint density at radius 1 is 1.12 bits per heavy atom. The number of carbonyl (C=O) groups is 2. The van der Waals surface area contributed by atoms with Crippen LogP contribution in [0.2, 0.25) is 0 Å². The van der Waals surface area contributed by atoms with Crippen LogP contribution in [0.3, 0.4) is 0 Å². The predicted molar refractivity (Wildman–Crippen MR) is 125 cm³/mol. The number of nitrogens with one attached hydrogen (secondary N) is 1. The summed E-state index contributed by atoms with van der Waals surface area (Å²) in [6, 6.07) is 13.3. The largest absolute Gasteiger partial charge is 0.342 e. The van der Waals surface area contributed by atoms with Crippen molar-refractivity contribution in [2.45, 2.75) is 31.7 Å². The zero-order chi connectivity index (χ0) is 22.2. The molecule has 1 aliphatic carbocycles. The van der Waals surface area contributed by atoms with Crippen LogP contribution in [0.1, 0.15) is 33.6 Å². The Morgan fingerprint density at radius 3 is 2.69 bits per heavy atom. The lowest BCUT2D eigenvalue weighted by Crippen LogP contribution is -2.58. The lowest BCUT2D eigenvalue weighted by atomic mass is 9.99. The van der Waals surface area contributed by atoms with Gasteiger partial charge < -0.3 is 14.8 Å². The average molecular weight is 448 g/mol. The maximum atomic E-state index is 13.4. The smallest absolute Gasteiger partial charge is 0.261 e. The van der Waals surface area contributed by atoms with E-state index >= 15 is 0 Å². The van der Waals surface area contributed by atoms with E-state index in [-0.39, 0.29) is 22.9 Å². The third-order valence-electron chi connectivity index (χ3n) is 6.48. The number of aromatic amines is 1. The van der Waals surface area contributed by atoms with E-state index < -0.39 is 6.04 Å². The molecule has 1 atom stereocenters. The highest BCUT2D eigenvalue weighted by Gasteiger charge is 2.37. The van der Waals surface area contributed by atoms with Gasteiger partial charge in [-0.1, -0.05) is 30.3 Å². The Labute approximate surface area is 190 Å². The number of likely N-dealkylation sites (N-methyl/N-ethyl adjacent to an activating group) is 1. The molecule has 2 amide bonds. The van der Waals surface area contributed by atoms with Gasteiger partial charge in [0.25, 0.3) is 11.5 Å². The number of aryl methyl sites for hydroxylation is 2. The van der Waals surface area contributed by atoms with Crippen molar-refractivity contribution in [3.8, 4) is 10.4 Å². The van der Waals surface area contributed by atoms with Gasteiger partial charge in [0.15, 0.2) is 0 Å². The first-order valence-corrected chi connectivity index (χ1v) is 11.8. The van der Waals surface area contributed by atoms with E-state index in [1.165, 1.54) is 4.88 Å². The Kier molecular flexibility index (Phi) is 5.43. The molecule has 6 nitrogen and oxygen atoms in total. The van der Waals surface area contributed by atoms with E-state index in [1.54, 1.807) is 34.3 Å². The minimum atomic E-state index is -0.624. The highest BCUT2D eigenvalue weighted by molar-refractivity contribution is 7.13. The molecule has 32 heavy (non-hydrogen) atoms. The molecule has 1 N–H and O–H groups in total. The van der Waals surface area contributed by atoms with Crippen molar-refractivity contribution in [2.75, 3.05) is 20.1 Å². The molecule has 1 aromatic carbocycles. The van der Waals surface area contributed by atoms with Gasteiger partial charge in [0.1, 0.15) is 11.6 Å². The monoisotopic (exact) mass is 447 g/mol. The van der Waals surface area contributed by atoms with Crippen LogP contribution in [0.5, 0.6) is 0 Å². The number of fused-ring (bicyclic) bond motifs is 1. The van der Waals surface area contributed by atoms with Gasteiger partial charge in [-0.15, -0.1) is 11.3 Å². The van der Waals surface area contributed by atoms with E-state index in [4.69, 9.17) is 0 Å². The van der Waals surface area contributed by atoms with Gasteiger partial charge in [0.05, 0.1) is 0 Å².